The van der Waals surface area contributed by atoms with Crippen LogP contribution in [-0.4, -0.2) is 36.1 Å². The molecule has 1 atom stereocenters. The topological polar surface area (TPSA) is 90.9 Å². The zero-order chi connectivity index (χ0) is 26.7. The van der Waals surface area contributed by atoms with Gasteiger partial charge in [0.1, 0.15) is 0 Å². The van der Waals surface area contributed by atoms with E-state index in [0.717, 1.165) is 11.1 Å². The molecule has 3 aromatic carbocycles. The maximum absolute atomic E-state index is 13.9. The third-order valence-electron chi connectivity index (χ3n) is 5.99. The SMILES string of the molecule is Cc1cccc(NC(=O)NC2N=C(c3ccccc3)c3cc(Cl)ccc3N(CC(=O)C(C)(C)C)C2=O)c1. The maximum Gasteiger partial charge on any atom is 0.321 e. The highest BCUT2D eigenvalue weighted by Crippen LogP contribution is 2.31. The van der Waals surface area contributed by atoms with Crippen LogP contribution >= 0.6 is 11.6 Å². The number of Topliss-reactive ketones (excluding diaryl/α,β-unsaturated/α-hetero) is 1. The molecular formula is C29H29ClN4O3. The van der Waals surface area contributed by atoms with Gasteiger partial charge in [0.2, 0.25) is 6.17 Å². The van der Waals surface area contributed by atoms with Gasteiger partial charge in [-0.05, 0) is 42.8 Å². The van der Waals surface area contributed by atoms with Crippen LogP contribution in [0.1, 0.15) is 37.5 Å². The third kappa shape index (κ3) is 6.06. The lowest BCUT2D eigenvalue weighted by atomic mass is 9.90. The van der Waals surface area contributed by atoms with Gasteiger partial charge in [-0.2, -0.15) is 0 Å². The highest BCUT2D eigenvalue weighted by molar-refractivity contribution is 6.32. The number of aliphatic imine (C=N–C) groups is 1. The van der Waals surface area contributed by atoms with Crippen molar-refractivity contribution in [1.82, 2.24) is 5.32 Å². The molecule has 0 aromatic heterocycles. The molecule has 3 aromatic rings. The number of aryl methyl sites for hydroxylation is 1. The van der Waals surface area contributed by atoms with Crippen LogP contribution in [-0.2, 0) is 9.59 Å². The Morgan fingerprint density at radius 2 is 1.73 bits per heavy atom. The lowest BCUT2D eigenvalue weighted by molar-refractivity contribution is -0.127. The quantitative estimate of drug-likeness (QED) is 0.462. The summed E-state index contributed by atoms with van der Waals surface area (Å²) in [6, 6.07) is 21.2. The van der Waals surface area contributed by atoms with Gasteiger partial charge in [0.25, 0.3) is 5.91 Å². The van der Waals surface area contributed by atoms with Gasteiger partial charge >= 0.3 is 6.03 Å². The lowest BCUT2D eigenvalue weighted by Gasteiger charge is -2.28. The number of hydrogen-bond acceptors (Lipinski definition) is 4. The Morgan fingerprint density at radius 1 is 1.00 bits per heavy atom. The molecule has 190 valence electrons. The Morgan fingerprint density at radius 3 is 2.41 bits per heavy atom. The van der Waals surface area contributed by atoms with Crippen LogP contribution in [0.5, 0.6) is 0 Å². The molecule has 0 saturated carbocycles. The number of amides is 3. The zero-order valence-electron chi connectivity index (χ0n) is 21.2. The van der Waals surface area contributed by atoms with Crippen LogP contribution < -0.4 is 15.5 Å². The molecule has 0 radical (unpaired) electrons. The van der Waals surface area contributed by atoms with E-state index in [9.17, 15) is 14.4 Å². The van der Waals surface area contributed by atoms with E-state index in [1.165, 1.54) is 4.90 Å². The average Bonchev–Trinajstić information content (AvgIpc) is 2.94. The molecule has 1 unspecified atom stereocenters. The highest BCUT2D eigenvalue weighted by Gasteiger charge is 2.36. The van der Waals surface area contributed by atoms with Crippen molar-refractivity contribution < 1.29 is 14.4 Å². The Labute approximate surface area is 221 Å². The Kier molecular flexibility index (Phi) is 7.45. The van der Waals surface area contributed by atoms with E-state index in [1.807, 2.05) is 55.5 Å². The molecule has 0 saturated heterocycles. The minimum Gasteiger partial charge on any atom is -0.308 e. The average molecular weight is 517 g/mol. The van der Waals surface area contributed by atoms with Gasteiger partial charge in [0.15, 0.2) is 5.78 Å². The highest BCUT2D eigenvalue weighted by atomic mass is 35.5. The maximum atomic E-state index is 13.9. The summed E-state index contributed by atoms with van der Waals surface area (Å²) in [5.41, 5.74) is 3.21. The fraction of sp³-hybridized carbons (Fsp3) is 0.241. The Hall–Kier alpha value is -3.97. The molecule has 1 aliphatic heterocycles. The van der Waals surface area contributed by atoms with Crippen molar-refractivity contribution in [1.29, 1.82) is 0 Å². The summed E-state index contributed by atoms with van der Waals surface area (Å²) in [6.07, 6.45) is -1.28. The van der Waals surface area contributed by atoms with Crippen LogP contribution in [0, 0.1) is 12.3 Å². The largest absolute Gasteiger partial charge is 0.321 e. The minimum absolute atomic E-state index is 0.132. The number of nitrogens with one attached hydrogen (secondary N) is 2. The first kappa shape index (κ1) is 26.1. The Balaban J connectivity index is 1.79. The number of benzodiazepines with no additional fused rings is 1. The summed E-state index contributed by atoms with van der Waals surface area (Å²) in [6.45, 7) is 7.15. The number of fused-ring (bicyclic) bond motifs is 1. The Bertz CT molecular complexity index is 1380. The van der Waals surface area contributed by atoms with E-state index in [2.05, 4.69) is 10.6 Å². The second kappa shape index (κ2) is 10.6. The summed E-state index contributed by atoms with van der Waals surface area (Å²) in [5.74, 6) is -0.653. The van der Waals surface area contributed by atoms with E-state index < -0.39 is 23.5 Å². The van der Waals surface area contributed by atoms with Crippen molar-refractivity contribution in [3.8, 4) is 0 Å². The number of anilines is 2. The number of benzene rings is 3. The molecule has 3 amide bonds. The van der Waals surface area contributed by atoms with Crippen molar-refractivity contribution >= 4 is 46.4 Å². The van der Waals surface area contributed by atoms with Crippen LogP contribution in [0.25, 0.3) is 0 Å². The number of nitrogens with zero attached hydrogens (tertiary/aromatic N) is 2. The standard InChI is InChI=1S/C29H29ClN4O3/c1-18-9-8-12-21(15-18)31-28(37)33-26-27(36)34(17-24(35)29(2,3)4)23-14-13-20(30)16-22(23)25(32-26)19-10-6-5-7-11-19/h5-16,26H,17H2,1-4H3,(H2,31,33,37). The van der Waals surface area contributed by atoms with E-state index in [-0.39, 0.29) is 12.3 Å². The molecule has 0 spiro atoms. The van der Waals surface area contributed by atoms with Crippen LogP contribution in [0.4, 0.5) is 16.2 Å². The predicted octanol–water partition coefficient (Wildman–Crippen LogP) is 5.60. The molecule has 37 heavy (non-hydrogen) atoms. The van der Waals surface area contributed by atoms with Crippen LogP contribution in [0.2, 0.25) is 5.02 Å². The first-order chi connectivity index (χ1) is 17.5. The van der Waals surface area contributed by atoms with Crippen LogP contribution in [0.15, 0.2) is 77.8 Å². The van der Waals surface area contributed by atoms with E-state index >= 15 is 0 Å². The van der Waals surface area contributed by atoms with Gasteiger partial charge in [-0.1, -0.05) is 74.8 Å². The third-order valence-corrected chi connectivity index (χ3v) is 6.23. The molecule has 0 aliphatic carbocycles. The molecular weight excluding hydrogens is 488 g/mol. The normalized spacial score (nSPS) is 15.4. The number of hydrogen-bond donors (Lipinski definition) is 2. The monoisotopic (exact) mass is 516 g/mol. The summed E-state index contributed by atoms with van der Waals surface area (Å²) in [4.78, 5) is 46.0. The number of halogens is 1. The minimum atomic E-state index is -1.28. The van der Waals surface area contributed by atoms with E-state index in [0.29, 0.717) is 27.7 Å². The molecule has 1 aliphatic rings. The lowest BCUT2D eigenvalue weighted by Crippen LogP contribution is -2.50. The first-order valence-corrected chi connectivity index (χ1v) is 12.3. The molecule has 4 rings (SSSR count). The molecule has 2 N–H and O–H groups in total. The van der Waals surface area contributed by atoms with E-state index in [4.69, 9.17) is 16.6 Å². The fourth-order valence-electron chi connectivity index (χ4n) is 3.93. The van der Waals surface area contributed by atoms with Gasteiger partial charge in [0.05, 0.1) is 17.9 Å². The van der Waals surface area contributed by atoms with Crippen molar-refractivity contribution in [2.45, 2.75) is 33.9 Å². The van der Waals surface area contributed by atoms with Crippen molar-refractivity contribution in [2.24, 2.45) is 10.4 Å². The van der Waals surface area contributed by atoms with Gasteiger partial charge in [-0.25, -0.2) is 9.79 Å². The first-order valence-electron chi connectivity index (χ1n) is 11.9. The van der Waals surface area contributed by atoms with Gasteiger partial charge < -0.3 is 15.5 Å². The summed E-state index contributed by atoms with van der Waals surface area (Å²) >= 11 is 6.36. The number of rotatable bonds is 5. The van der Waals surface area contributed by atoms with Gasteiger partial charge in [0, 0.05) is 27.3 Å². The van der Waals surface area contributed by atoms with E-state index in [1.54, 1.807) is 45.0 Å². The number of carbonyl (C=O) groups is 3. The summed E-state index contributed by atoms with van der Waals surface area (Å²) < 4.78 is 0. The second-order valence-electron chi connectivity index (χ2n) is 9.97. The molecule has 1 heterocycles. The van der Waals surface area contributed by atoms with Gasteiger partial charge in [-0.3, -0.25) is 9.59 Å². The van der Waals surface area contributed by atoms with Crippen molar-refractivity contribution in [2.75, 3.05) is 16.8 Å². The molecule has 0 fully saturated rings. The second-order valence-corrected chi connectivity index (χ2v) is 10.4. The van der Waals surface area contributed by atoms with Gasteiger partial charge in [-0.15, -0.1) is 0 Å². The molecule has 7 nitrogen and oxygen atoms in total. The summed E-state index contributed by atoms with van der Waals surface area (Å²) in [7, 11) is 0. The van der Waals surface area contributed by atoms with Crippen molar-refractivity contribution in [3.05, 3.63) is 94.5 Å². The zero-order valence-corrected chi connectivity index (χ0v) is 22.0. The molecule has 8 heteroatoms. The smallest absolute Gasteiger partial charge is 0.308 e. The molecule has 0 bridgehead atoms. The number of ketones is 1. The number of carbonyl (C=O) groups excluding carboxylic acids is 3. The fourth-order valence-corrected chi connectivity index (χ4v) is 4.10. The number of urea groups is 1. The van der Waals surface area contributed by atoms with Crippen molar-refractivity contribution in [3.63, 3.8) is 0 Å². The summed E-state index contributed by atoms with van der Waals surface area (Å²) in [5, 5.41) is 5.91. The van der Waals surface area contributed by atoms with Crippen LogP contribution in [0.3, 0.4) is 0 Å². The predicted molar refractivity (Wildman–Crippen MR) is 147 cm³/mol.